The monoisotopic (exact) mass is 756 g/mol. The third kappa shape index (κ3) is 7.49. The minimum atomic E-state index is -3.45. The van der Waals surface area contributed by atoms with Gasteiger partial charge in [-0.1, -0.05) is 5.16 Å². The first-order valence-electron chi connectivity index (χ1n) is 17.3. The fraction of sp³-hybridized carbons (Fsp3) is 0.472. The number of carbonyl (C=O) groups is 2. The molecule has 2 amide bonds. The lowest BCUT2D eigenvalue weighted by atomic mass is 9.75. The van der Waals surface area contributed by atoms with E-state index in [0.717, 1.165) is 31.0 Å². The van der Waals surface area contributed by atoms with E-state index in [1.54, 1.807) is 34.6 Å². The van der Waals surface area contributed by atoms with Crippen LogP contribution in [0.5, 0.6) is 5.75 Å². The van der Waals surface area contributed by atoms with Gasteiger partial charge in [0, 0.05) is 52.9 Å². The summed E-state index contributed by atoms with van der Waals surface area (Å²) in [5, 5.41) is 13.9. The maximum Gasteiger partial charge on any atom is 0.329 e. The standard InChI is InChI=1S/C36H40F3N6O7P/c1-18-28(19(2)45(43-18)17-51-53(6,48)52-35(3,4)5)31-26(39)11-21(14-40-31)41-34(47)32(42-33(46)23-15-50-44-30(23)20-7-8-20)29-22-12-24(37)25(38)13-27(22)49-16-36(29)9-10-36/h11-15,20,29,32H,7-10,16-17H2,1-6H3,(H,41,47)(H,42,46)/t29?,32-,53?/m0/s1. The summed E-state index contributed by atoms with van der Waals surface area (Å²) in [6, 6.07) is 1.69. The van der Waals surface area contributed by atoms with E-state index < -0.39 is 59.8 Å². The number of hydrogen-bond donors (Lipinski definition) is 2. The van der Waals surface area contributed by atoms with Crippen molar-refractivity contribution in [3.05, 3.63) is 76.3 Å². The van der Waals surface area contributed by atoms with Crippen molar-refractivity contribution < 1.29 is 45.6 Å². The molecule has 0 radical (unpaired) electrons. The van der Waals surface area contributed by atoms with Gasteiger partial charge in [-0.2, -0.15) is 5.10 Å². The number of aromatic nitrogens is 4. The molecular weight excluding hydrogens is 716 g/mol. The first kappa shape index (κ1) is 36.8. The normalized spacial score (nSPS) is 19.2. The third-order valence-electron chi connectivity index (χ3n) is 9.74. The Kier molecular flexibility index (Phi) is 9.31. The highest BCUT2D eigenvalue weighted by Crippen LogP contribution is 2.61. The van der Waals surface area contributed by atoms with Gasteiger partial charge in [-0.15, -0.1) is 0 Å². The van der Waals surface area contributed by atoms with Crippen LogP contribution in [0.25, 0.3) is 11.3 Å². The number of nitrogens with one attached hydrogen (secondary N) is 2. The number of nitrogens with zero attached hydrogens (tertiary/aromatic N) is 4. The number of pyridine rings is 1. The van der Waals surface area contributed by atoms with Crippen LogP contribution in [-0.4, -0.2) is 56.7 Å². The van der Waals surface area contributed by atoms with Crippen molar-refractivity contribution in [2.24, 2.45) is 5.41 Å². The van der Waals surface area contributed by atoms with Gasteiger partial charge in [0.25, 0.3) is 5.91 Å². The first-order chi connectivity index (χ1) is 24.9. The molecule has 4 aromatic rings. The quantitative estimate of drug-likeness (QED) is 0.151. The van der Waals surface area contributed by atoms with Crippen molar-refractivity contribution in [3.63, 3.8) is 0 Å². The Labute approximate surface area is 303 Å². The predicted molar refractivity (Wildman–Crippen MR) is 185 cm³/mol. The molecule has 2 saturated carbocycles. The molecule has 2 unspecified atom stereocenters. The van der Waals surface area contributed by atoms with E-state index >= 15 is 4.39 Å². The van der Waals surface area contributed by atoms with Gasteiger partial charge in [0.15, 0.2) is 17.5 Å². The minimum absolute atomic E-state index is 0.0150. The van der Waals surface area contributed by atoms with E-state index in [1.807, 2.05) is 0 Å². The van der Waals surface area contributed by atoms with Gasteiger partial charge in [0.1, 0.15) is 36.0 Å². The molecule has 2 fully saturated rings. The van der Waals surface area contributed by atoms with E-state index in [4.69, 9.17) is 18.3 Å². The van der Waals surface area contributed by atoms with Crippen molar-refractivity contribution in [1.82, 2.24) is 25.2 Å². The van der Waals surface area contributed by atoms with Crippen LogP contribution >= 0.6 is 7.60 Å². The highest BCUT2D eigenvalue weighted by atomic mass is 31.2. The van der Waals surface area contributed by atoms with Crippen LogP contribution in [-0.2, 0) is 25.1 Å². The molecule has 2 aliphatic carbocycles. The Morgan fingerprint density at radius 2 is 1.83 bits per heavy atom. The number of ether oxygens (including phenoxy) is 1. The molecule has 1 spiro atoms. The second-order valence-corrected chi connectivity index (χ2v) is 17.1. The first-order valence-corrected chi connectivity index (χ1v) is 19.2. The predicted octanol–water partition coefficient (Wildman–Crippen LogP) is 7.15. The van der Waals surface area contributed by atoms with E-state index in [2.05, 4.69) is 25.9 Å². The van der Waals surface area contributed by atoms with Crippen LogP contribution in [0.3, 0.4) is 0 Å². The highest BCUT2D eigenvalue weighted by Gasteiger charge is 2.58. The number of aryl methyl sites for hydroxylation is 1. The Morgan fingerprint density at radius 1 is 1.11 bits per heavy atom. The van der Waals surface area contributed by atoms with Gasteiger partial charge in [-0.05, 0) is 66.4 Å². The zero-order valence-corrected chi connectivity index (χ0v) is 31.0. The topological polar surface area (TPSA) is 160 Å². The average molecular weight is 757 g/mol. The zero-order chi connectivity index (χ0) is 38.0. The maximum atomic E-state index is 15.9. The van der Waals surface area contributed by atoms with Crippen LogP contribution in [0.2, 0.25) is 0 Å². The summed E-state index contributed by atoms with van der Waals surface area (Å²) in [5.41, 5.74) is 0.762. The molecule has 3 aliphatic rings. The van der Waals surface area contributed by atoms with Gasteiger partial charge in [-0.3, -0.25) is 23.7 Å². The third-order valence-corrected chi connectivity index (χ3v) is 11.2. The summed E-state index contributed by atoms with van der Waals surface area (Å²) in [6.07, 6.45) is 5.38. The van der Waals surface area contributed by atoms with Crippen LogP contribution in [0, 0.1) is 36.7 Å². The van der Waals surface area contributed by atoms with E-state index in [1.165, 1.54) is 23.8 Å². The minimum Gasteiger partial charge on any atom is -0.493 e. The SMILES string of the molecule is Cc1nn(COP(C)(=O)OC(C)(C)C)c(C)c1-c1ncc(NC(=O)[C@@H](NC(=O)c2conc2C2CC2)C2c3cc(F)c(F)cc3OCC23CC3)cc1F. The smallest absolute Gasteiger partial charge is 0.329 e. The Morgan fingerprint density at radius 3 is 2.49 bits per heavy atom. The molecule has 3 aromatic heterocycles. The molecule has 1 aliphatic heterocycles. The van der Waals surface area contributed by atoms with Crippen molar-refractivity contribution >= 4 is 25.1 Å². The number of halogens is 3. The van der Waals surface area contributed by atoms with Crippen molar-refractivity contribution in [1.29, 1.82) is 0 Å². The van der Waals surface area contributed by atoms with Gasteiger partial charge in [0.05, 0.1) is 35.5 Å². The van der Waals surface area contributed by atoms with Crippen LogP contribution in [0.1, 0.15) is 91.3 Å². The molecule has 282 valence electrons. The summed E-state index contributed by atoms with van der Waals surface area (Å²) in [6.45, 7) is 9.88. The molecule has 17 heteroatoms. The lowest BCUT2D eigenvalue weighted by Gasteiger charge is -2.38. The number of anilines is 1. The lowest BCUT2D eigenvalue weighted by molar-refractivity contribution is -0.119. The van der Waals surface area contributed by atoms with Gasteiger partial charge in [-0.25, -0.2) is 17.9 Å². The fourth-order valence-corrected chi connectivity index (χ4v) is 8.41. The molecule has 7 rings (SSSR count). The Hall–Kier alpha value is -4.53. The van der Waals surface area contributed by atoms with Crippen molar-refractivity contribution in [2.45, 2.75) is 90.5 Å². The maximum absolute atomic E-state index is 15.9. The molecular formula is C36H40F3N6O7P. The molecule has 0 saturated heterocycles. The summed E-state index contributed by atoms with van der Waals surface area (Å²) >= 11 is 0. The van der Waals surface area contributed by atoms with Crippen LogP contribution in [0.4, 0.5) is 18.9 Å². The molecule has 13 nitrogen and oxygen atoms in total. The zero-order valence-electron chi connectivity index (χ0n) is 30.1. The van der Waals surface area contributed by atoms with E-state index in [-0.39, 0.29) is 47.5 Å². The number of fused-ring (bicyclic) bond motifs is 1. The Bertz CT molecular complexity index is 2160. The van der Waals surface area contributed by atoms with Crippen molar-refractivity contribution in [3.8, 4) is 17.0 Å². The summed E-state index contributed by atoms with van der Waals surface area (Å²) in [5.74, 6) is -5.06. The van der Waals surface area contributed by atoms with Crippen LogP contribution < -0.4 is 15.4 Å². The lowest BCUT2D eigenvalue weighted by Crippen LogP contribution is -2.52. The second-order valence-electron chi connectivity index (χ2n) is 15.1. The van der Waals surface area contributed by atoms with Crippen LogP contribution in [0.15, 0.2) is 35.2 Å². The molecule has 2 N–H and O–H groups in total. The number of hydrogen-bond acceptors (Lipinski definition) is 10. The Balaban J connectivity index is 1.17. The largest absolute Gasteiger partial charge is 0.493 e. The number of amides is 2. The molecule has 0 bridgehead atoms. The van der Waals surface area contributed by atoms with E-state index in [0.29, 0.717) is 35.5 Å². The number of rotatable bonds is 11. The number of benzene rings is 1. The number of carbonyl (C=O) groups excluding carboxylic acids is 2. The van der Waals surface area contributed by atoms with Gasteiger partial charge >= 0.3 is 7.60 Å². The molecule has 4 heterocycles. The fourth-order valence-electron chi connectivity index (χ4n) is 7.05. The average Bonchev–Trinajstić information content (AvgIpc) is 3.99. The highest BCUT2D eigenvalue weighted by molar-refractivity contribution is 7.53. The van der Waals surface area contributed by atoms with E-state index in [9.17, 15) is 22.9 Å². The molecule has 3 atom stereocenters. The van der Waals surface area contributed by atoms with Gasteiger partial charge < -0.3 is 24.4 Å². The summed E-state index contributed by atoms with van der Waals surface area (Å²) in [4.78, 5) is 32.3. The second kappa shape index (κ2) is 13.4. The summed E-state index contributed by atoms with van der Waals surface area (Å²) < 4.78 is 81.2. The summed E-state index contributed by atoms with van der Waals surface area (Å²) in [7, 11) is -3.45. The molecule has 1 aromatic carbocycles. The molecule has 53 heavy (non-hydrogen) atoms. The van der Waals surface area contributed by atoms with Gasteiger partial charge in [0.2, 0.25) is 5.91 Å². The van der Waals surface area contributed by atoms with Crippen molar-refractivity contribution in [2.75, 3.05) is 18.6 Å².